The van der Waals surface area contributed by atoms with Crippen LogP contribution in [-0.4, -0.2) is 50.0 Å². The first-order valence-electron chi connectivity index (χ1n) is 13.6. The van der Waals surface area contributed by atoms with Crippen molar-refractivity contribution in [1.29, 1.82) is 0 Å². The number of amides is 2. The molecule has 1 N–H and O–H groups in total. The average molecular weight is 619 g/mol. The molecule has 0 saturated heterocycles. The summed E-state index contributed by atoms with van der Waals surface area (Å²) in [6, 6.07) is 22.4. The lowest BCUT2D eigenvalue weighted by Crippen LogP contribution is -2.52. The number of rotatable bonds is 14. The molecule has 7 nitrogen and oxygen atoms in total. The highest BCUT2D eigenvalue weighted by molar-refractivity contribution is 7.92. The van der Waals surface area contributed by atoms with Gasteiger partial charge in [0.05, 0.1) is 11.9 Å². The second-order valence-corrected chi connectivity index (χ2v) is 12.9. The minimum atomic E-state index is -3.60. The van der Waals surface area contributed by atoms with Crippen LogP contribution in [0.3, 0.4) is 0 Å². The third kappa shape index (κ3) is 10.1. The highest BCUT2D eigenvalue weighted by Gasteiger charge is 2.31. The summed E-state index contributed by atoms with van der Waals surface area (Å²) >= 11 is 12.2. The van der Waals surface area contributed by atoms with Gasteiger partial charge in [-0.1, -0.05) is 72.6 Å². The normalized spacial score (nSPS) is 12.8. The molecule has 2 atom stereocenters. The van der Waals surface area contributed by atoms with E-state index < -0.39 is 16.1 Å². The van der Waals surface area contributed by atoms with E-state index in [2.05, 4.69) is 5.32 Å². The van der Waals surface area contributed by atoms with Crippen LogP contribution >= 0.6 is 23.2 Å². The zero-order valence-electron chi connectivity index (χ0n) is 23.6. The molecular formula is C31H37Cl2N3O4S. The van der Waals surface area contributed by atoms with Crippen LogP contribution < -0.4 is 9.62 Å². The molecule has 0 aliphatic carbocycles. The van der Waals surface area contributed by atoms with Crippen LogP contribution in [0.5, 0.6) is 0 Å². The molecule has 0 aliphatic heterocycles. The Morgan fingerprint density at radius 2 is 1.56 bits per heavy atom. The molecule has 2 amide bonds. The lowest BCUT2D eigenvalue weighted by Gasteiger charge is -2.32. The van der Waals surface area contributed by atoms with Gasteiger partial charge in [0.25, 0.3) is 0 Å². The summed E-state index contributed by atoms with van der Waals surface area (Å²) in [5.74, 6) is -0.493. The van der Waals surface area contributed by atoms with E-state index in [9.17, 15) is 18.0 Å². The van der Waals surface area contributed by atoms with Gasteiger partial charge in [0.1, 0.15) is 6.04 Å². The molecule has 0 spiro atoms. The summed E-state index contributed by atoms with van der Waals surface area (Å²) in [7, 11) is -3.60. The first kappa shape index (κ1) is 32.4. The summed E-state index contributed by atoms with van der Waals surface area (Å²) in [6.45, 7) is 4.19. The van der Waals surface area contributed by atoms with Gasteiger partial charge in [0.15, 0.2) is 0 Å². The molecule has 0 heterocycles. The molecule has 0 saturated carbocycles. The molecule has 41 heavy (non-hydrogen) atoms. The highest BCUT2D eigenvalue weighted by Crippen LogP contribution is 2.22. The quantitative estimate of drug-likeness (QED) is 0.237. The predicted octanol–water partition coefficient (Wildman–Crippen LogP) is 6.09. The Bertz CT molecular complexity index is 1400. The predicted molar refractivity (Wildman–Crippen MR) is 167 cm³/mol. The van der Waals surface area contributed by atoms with Crippen LogP contribution in [0.15, 0.2) is 78.9 Å². The summed E-state index contributed by atoms with van der Waals surface area (Å²) in [5.41, 5.74) is 2.18. The molecule has 3 rings (SSSR count). The SMILES string of the molecule is CC[C@H](C)NC(=O)[C@@H](Cc1ccccc1)N(Cc1cccc(Cl)c1)C(=O)CCCN(c1ccc(Cl)cc1)S(C)(=O)=O. The maximum absolute atomic E-state index is 13.9. The summed E-state index contributed by atoms with van der Waals surface area (Å²) in [5, 5.41) is 4.07. The molecule has 0 radical (unpaired) electrons. The molecule has 3 aromatic rings. The topological polar surface area (TPSA) is 86.8 Å². The maximum Gasteiger partial charge on any atom is 0.243 e. The molecule has 0 bridgehead atoms. The fourth-order valence-corrected chi connectivity index (χ4v) is 5.74. The number of sulfonamides is 1. The summed E-state index contributed by atoms with van der Waals surface area (Å²) in [6.07, 6.45) is 2.51. The van der Waals surface area contributed by atoms with E-state index in [0.29, 0.717) is 22.2 Å². The van der Waals surface area contributed by atoms with Crippen LogP contribution in [0.4, 0.5) is 5.69 Å². The molecule has 0 unspecified atom stereocenters. The van der Waals surface area contributed by atoms with Crippen LogP contribution in [0.25, 0.3) is 0 Å². The van der Waals surface area contributed by atoms with Crippen molar-refractivity contribution in [3.8, 4) is 0 Å². The number of carbonyl (C=O) groups excluding carboxylic acids is 2. The molecule has 0 fully saturated rings. The van der Waals surface area contributed by atoms with Gasteiger partial charge in [-0.25, -0.2) is 8.42 Å². The van der Waals surface area contributed by atoms with Gasteiger partial charge in [-0.05, 0) is 67.3 Å². The van der Waals surface area contributed by atoms with E-state index in [1.807, 2.05) is 56.3 Å². The second-order valence-electron chi connectivity index (χ2n) is 10.1. The van der Waals surface area contributed by atoms with E-state index >= 15 is 0 Å². The Balaban J connectivity index is 1.89. The Morgan fingerprint density at radius 1 is 0.902 bits per heavy atom. The Kier molecular flexibility index (Phi) is 12.1. The molecule has 3 aromatic carbocycles. The van der Waals surface area contributed by atoms with Gasteiger partial charge in [0, 0.05) is 42.0 Å². The fraction of sp³-hybridized carbons (Fsp3) is 0.355. The van der Waals surface area contributed by atoms with Crippen molar-refractivity contribution in [3.63, 3.8) is 0 Å². The number of carbonyl (C=O) groups is 2. The van der Waals surface area contributed by atoms with Gasteiger partial charge in [-0.2, -0.15) is 0 Å². The van der Waals surface area contributed by atoms with Crippen molar-refractivity contribution in [2.24, 2.45) is 0 Å². The van der Waals surface area contributed by atoms with Crippen molar-refractivity contribution in [2.45, 2.75) is 58.2 Å². The van der Waals surface area contributed by atoms with E-state index in [1.165, 1.54) is 4.31 Å². The van der Waals surface area contributed by atoms with E-state index in [4.69, 9.17) is 23.2 Å². The first-order chi connectivity index (χ1) is 19.5. The largest absolute Gasteiger partial charge is 0.352 e. The third-order valence-electron chi connectivity index (χ3n) is 6.78. The molecule has 10 heteroatoms. The number of anilines is 1. The summed E-state index contributed by atoms with van der Waals surface area (Å²) < 4.78 is 26.4. The first-order valence-corrected chi connectivity index (χ1v) is 16.2. The maximum atomic E-state index is 13.9. The third-order valence-corrected chi connectivity index (χ3v) is 8.46. The minimum Gasteiger partial charge on any atom is -0.352 e. The lowest BCUT2D eigenvalue weighted by molar-refractivity contribution is -0.141. The Hall–Kier alpha value is -3.07. The Labute approximate surface area is 253 Å². The van der Waals surface area contributed by atoms with Gasteiger partial charge in [0.2, 0.25) is 21.8 Å². The Morgan fingerprint density at radius 3 is 2.17 bits per heavy atom. The van der Waals surface area contributed by atoms with Gasteiger partial charge < -0.3 is 10.2 Å². The number of nitrogens with zero attached hydrogens (tertiary/aromatic N) is 2. The zero-order valence-corrected chi connectivity index (χ0v) is 25.9. The number of benzene rings is 3. The number of halogens is 2. The van der Waals surface area contributed by atoms with Gasteiger partial charge >= 0.3 is 0 Å². The van der Waals surface area contributed by atoms with Crippen molar-refractivity contribution in [3.05, 3.63) is 100 Å². The molecule has 0 aliphatic rings. The fourth-order valence-electron chi connectivity index (χ4n) is 4.44. The van der Waals surface area contributed by atoms with Crippen LogP contribution in [0.1, 0.15) is 44.2 Å². The minimum absolute atomic E-state index is 0.0437. The monoisotopic (exact) mass is 617 g/mol. The van der Waals surface area contributed by atoms with Crippen LogP contribution in [-0.2, 0) is 32.6 Å². The van der Waals surface area contributed by atoms with Gasteiger partial charge in [-0.3, -0.25) is 13.9 Å². The second kappa shape index (κ2) is 15.2. The number of hydrogen-bond donors (Lipinski definition) is 1. The highest BCUT2D eigenvalue weighted by atomic mass is 35.5. The average Bonchev–Trinajstić information content (AvgIpc) is 2.93. The van der Waals surface area contributed by atoms with Gasteiger partial charge in [-0.15, -0.1) is 0 Å². The molecular weight excluding hydrogens is 581 g/mol. The molecule has 220 valence electrons. The number of hydrogen-bond acceptors (Lipinski definition) is 4. The van der Waals surface area contributed by atoms with Crippen LogP contribution in [0.2, 0.25) is 10.0 Å². The summed E-state index contributed by atoms with van der Waals surface area (Å²) in [4.78, 5) is 29.1. The zero-order chi connectivity index (χ0) is 30.0. The van der Waals surface area contributed by atoms with E-state index in [0.717, 1.165) is 23.8 Å². The van der Waals surface area contributed by atoms with Crippen molar-refractivity contribution in [2.75, 3.05) is 17.1 Å². The standard InChI is InChI=1S/C31H37Cl2N3O4S/c1-4-23(2)34-31(38)29(21-24-10-6-5-7-11-24)35(22-25-12-8-13-27(33)20-25)30(37)14-9-19-36(41(3,39)40)28-17-15-26(32)16-18-28/h5-8,10-13,15-18,20,23,29H,4,9,14,19,21-22H2,1-3H3,(H,34,38)/t23-,29+/m0/s1. The number of nitrogens with one attached hydrogen (secondary N) is 1. The van der Waals surface area contributed by atoms with E-state index in [-0.39, 0.29) is 43.8 Å². The van der Waals surface area contributed by atoms with Crippen molar-refractivity contribution >= 4 is 50.7 Å². The van der Waals surface area contributed by atoms with Crippen molar-refractivity contribution in [1.82, 2.24) is 10.2 Å². The van der Waals surface area contributed by atoms with Crippen LogP contribution in [0, 0.1) is 0 Å². The smallest absolute Gasteiger partial charge is 0.243 e. The lowest BCUT2D eigenvalue weighted by atomic mass is 10.0. The van der Waals surface area contributed by atoms with Crippen molar-refractivity contribution < 1.29 is 18.0 Å². The van der Waals surface area contributed by atoms with E-state index in [1.54, 1.807) is 41.3 Å². The molecule has 0 aromatic heterocycles.